The van der Waals surface area contributed by atoms with Crippen LogP contribution < -0.4 is 5.32 Å². The second-order valence-corrected chi connectivity index (χ2v) is 8.98. The molecule has 1 fully saturated rings. The lowest BCUT2D eigenvalue weighted by atomic mass is 9.97. The van der Waals surface area contributed by atoms with Gasteiger partial charge in [-0.25, -0.2) is 4.39 Å². The molecule has 1 N–H and O–H groups in total. The molecule has 1 amide bonds. The van der Waals surface area contributed by atoms with Crippen LogP contribution in [0.4, 0.5) is 4.39 Å². The summed E-state index contributed by atoms with van der Waals surface area (Å²) in [6.45, 7) is 2.80. The summed E-state index contributed by atoms with van der Waals surface area (Å²) >= 11 is 6.22. The number of hydrogen-bond acceptors (Lipinski definition) is 3. The fourth-order valence-corrected chi connectivity index (χ4v) is 4.85. The van der Waals surface area contributed by atoms with Crippen molar-refractivity contribution in [2.24, 2.45) is 0 Å². The minimum absolute atomic E-state index is 0.0253. The van der Waals surface area contributed by atoms with Gasteiger partial charge in [-0.3, -0.25) is 9.48 Å². The van der Waals surface area contributed by atoms with E-state index in [1.807, 2.05) is 15.8 Å². The molecule has 5 nitrogen and oxygen atoms in total. The Morgan fingerprint density at radius 3 is 2.88 bits per heavy atom. The highest BCUT2D eigenvalue weighted by molar-refractivity contribution is 6.31. The predicted octanol–water partition coefficient (Wildman–Crippen LogP) is 4.63. The monoisotopic (exact) mass is 452 g/mol. The van der Waals surface area contributed by atoms with Crippen LogP contribution in [0.15, 0.2) is 48.7 Å². The van der Waals surface area contributed by atoms with Crippen LogP contribution >= 0.6 is 11.6 Å². The van der Waals surface area contributed by atoms with Gasteiger partial charge in [0, 0.05) is 23.5 Å². The van der Waals surface area contributed by atoms with Crippen molar-refractivity contribution in [1.82, 2.24) is 20.0 Å². The van der Waals surface area contributed by atoms with E-state index in [2.05, 4.69) is 34.7 Å². The maximum Gasteiger partial charge on any atom is 0.239 e. The first-order valence-corrected chi connectivity index (χ1v) is 11.6. The molecule has 2 aliphatic heterocycles. The third-order valence-corrected chi connectivity index (χ3v) is 6.83. The number of rotatable bonds is 4. The van der Waals surface area contributed by atoms with Crippen LogP contribution in [0, 0.1) is 5.82 Å². The van der Waals surface area contributed by atoms with Gasteiger partial charge in [-0.05, 0) is 60.7 Å². The molecular formula is C25H26ClFN4O. The number of nitrogens with zero attached hydrogens (tertiary/aromatic N) is 3. The molecule has 7 heteroatoms. The largest absolute Gasteiger partial charge is 0.337 e. The number of fused-ring (bicyclic) bond motifs is 1. The molecule has 1 atom stereocenters. The summed E-state index contributed by atoms with van der Waals surface area (Å²) in [6, 6.07) is 10.8. The normalized spacial score (nSPS) is 19.2. The molecule has 0 bridgehead atoms. The first-order valence-electron chi connectivity index (χ1n) is 11.2. The number of piperidine rings is 1. The molecule has 0 radical (unpaired) electrons. The quantitative estimate of drug-likeness (QED) is 0.627. The minimum atomic E-state index is -0.345. The maximum atomic E-state index is 13.4. The van der Waals surface area contributed by atoms with Gasteiger partial charge in [-0.1, -0.05) is 42.3 Å². The van der Waals surface area contributed by atoms with E-state index in [1.54, 1.807) is 6.07 Å². The molecule has 3 heterocycles. The van der Waals surface area contributed by atoms with Gasteiger partial charge in [0.25, 0.3) is 0 Å². The molecule has 0 saturated carbocycles. The zero-order valence-electron chi connectivity index (χ0n) is 17.9. The Kier molecular flexibility index (Phi) is 5.98. The Bertz CT molecular complexity index is 1180. The number of amides is 1. The van der Waals surface area contributed by atoms with E-state index in [-0.39, 0.29) is 17.8 Å². The smallest absolute Gasteiger partial charge is 0.239 e. The van der Waals surface area contributed by atoms with Crippen LogP contribution in [0.1, 0.15) is 36.8 Å². The highest BCUT2D eigenvalue weighted by Crippen LogP contribution is 2.27. The number of benzene rings is 2. The number of nitrogens with one attached hydrogen (secondary N) is 1. The summed E-state index contributed by atoms with van der Waals surface area (Å²) in [5.41, 5.74) is 4.23. The van der Waals surface area contributed by atoms with Gasteiger partial charge in [0.15, 0.2) is 0 Å². The van der Waals surface area contributed by atoms with Crippen molar-refractivity contribution in [2.45, 2.75) is 38.3 Å². The maximum absolute atomic E-state index is 13.4. The van der Waals surface area contributed by atoms with Crippen LogP contribution in [-0.4, -0.2) is 46.3 Å². The Hall–Kier alpha value is -2.70. The molecule has 1 unspecified atom stereocenters. The summed E-state index contributed by atoms with van der Waals surface area (Å²) in [7, 11) is 0. The first kappa shape index (κ1) is 21.2. The molecule has 32 heavy (non-hydrogen) atoms. The van der Waals surface area contributed by atoms with Crippen LogP contribution in [0.25, 0.3) is 16.5 Å². The summed E-state index contributed by atoms with van der Waals surface area (Å²) in [5.74, 6) is -0.118. The van der Waals surface area contributed by atoms with Crippen molar-refractivity contribution < 1.29 is 9.18 Å². The fraction of sp³-hybridized carbons (Fsp3) is 0.360. The van der Waals surface area contributed by atoms with Crippen LogP contribution in [0.2, 0.25) is 5.02 Å². The van der Waals surface area contributed by atoms with E-state index in [1.165, 1.54) is 17.7 Å². The number of aromatic nitrogens is 2. The molecule has 3 aromatic rings. The lowest BCUT2D eigenvalue weighted by Gasteiger charge is -2.32. The number of hydrogen-bond donors (Lipinski definition) is 1. The molecular weight excluding hydrogens is 427 g/mol. The average Bonchev–Trinajstić information content (AvgIpc) is 3.23. The molecule has 1 aromatic heterocycles. The van der Waals surface area contributed by atoms with Gasteiger partial charge in [-0.2, -0.15) is 5.10 Å². The predicted molar refractivity (Wildman–Crippen MR) is 125 cm³/mol. The zero-order chi connectivity index (χ0) is 22.1. The molecule has 166 valence electrons. The lowest BCUT2D eigenvalue weighted by molar-refractivity contribution is -0.133. The average molecular weight is 453 g/mol. The first-order chi connectivity index (χ1) is 15.6. The summed E-state index contributed by atoms with van der Waals surface area (Å²) in [5, 5.41) is 9.31. The van der Waals surface area contributed by atoms with Crippen molar-refractivity contribution in [3.63, 3.8) is 0 Å². The molecule has 2 aliphatic rings. The van der Waals surface area contributed by atoms with Crippen molar-refractivity contribution >= 4 is 34.0 Å². The standard InChI is InChI=1S/C25H26ClFN4O/c26-22-14-21(27)7-6-20(22)16-31-24-13-18(4-5-19(24)15-29-31)17-8-11-30(12-9-17)25(32)23-3-1-2-10-28-23/h4-8,13-15,23,28H,1-3,9-12,16H2. The van der Waals surface area contributed by atoms with Crippen LogP contribution in [0.5, 0.6) is 0 Å². The van der Waals surface area contributed by atoms with E-state index in [0.717, 1.165) is 60.8 Å². The SMILES string of the molecule is O=C(C1CCCCN1)N1CC=C(c2ccc3cnn(Cc4ccc(F)cc4Cl)c3c2)CC1. The van der Waals surface area contributed by atoms with Crippen LogP contribution in [0.3, 0.4) is 0 Å². The van der Waals surface area contributed by atoms with E-state index >= 15 is 0 Å². The van der Waals surface area contributed by atoms with E-state index < -0.39 is 0 Å². The zero-order valence-corrected chi connectivity index (χ0v) is 18.6. The van der Waals surface area contributed by atoms with Gasteiger partial charge in [0.05, 0.1) is 24.3 Å². The molecule has 1 saturated heterocycles. The lowest BCUT2D eigenvalue weighted by Crippen LogP contribution is -2.49. The Balaban J connectivity index is 1.34. The highest BCUT2D eigenvalue weighted by Gasteiger charge is 2.26. The molecule has 0 aliphatic carbocycles. The summed E-state index contributed by atoms with van der Waals surface area (Å²) < 4.78 is 15.3. The van der Waals surface area contributed by atoms with Crippen molar-refractivity contribution in [3.8, 4) is 0 Å². The van der Waals surface area contributed by atoms with Gasteiger partial charge < -0.3 is 10.2 Å². The Morgan fingerprint density at radius 2 is 2.12 bits per heavy atom. The van der Waals surface area contributed by atoms with Crippen LogP contribution in [-0.2, 0) is 11.3 Å². The van der Waals surface area contributed by atoms with E-state index in [4.69, 9.17) is 11.6 Å². The van der Waals surface area contributed by atoms with Crippen molar-refractivity contribution in [1.29, 1.82) is 0 Å². The summed E-state index contributed by atoms with van der Waals surface area (Å²) in [4.78, 5) is 14.8. The van der Waals surface area contributed by atoms with Gasteiger partial charge >= 0.3 is 0 Å². The topological polar surface area (TPSA) is 50.2 Å². The summed E-state index contributed by atoms with van der Waals surface area (Å²) in [6.07, 6.45) is 8.05. The Labute approximate surface area is 191 Å². The van der Waals surface area contributed by atoms with Gasteiger partial charge in [0.2, 0.25) is 5.91 Å². The second-order valence-electron chi connectivity index (χ2n) is 8.58. The molecule has 2 aromatic carbocycles. The van der Waals surface area contributed by atoms with Crippen molar-refractivity contribution in [2.75, 3.05) is 19.6 Å². The third-order valence-electron chi connectivity index (χ3n) is 6.48. The van der Waals surface area contributed by atoms with Gasteiger partial charge in [0.1, 0.15) is 5.82 Å². The second kappa shape index (κ2) is 9.04. The minimum Gasteiger partial charge on any atom is -0.337 e. The van der Waals surface area contributed by atoms with E-state index in [0.29, 0.717) is 18.1 Å². The Morgan fingerprint density at radius 1 is 1.22 bits per heavy atom. The number of carbonyl (C=O) groups excluding carboxylic acids is 1. The van der Waals surface area contributed by atoms with Crippen molar-refractivity contribution in [3.05, 3.63) is 70.6 Å². The molecule has 5 rings (SSSR count). The van der Waals surface area contributed by atoms with Gasteiger partial charge in [-0.15, -0.1) is 0 Å². The fourth-order valence-electron chi connectivity index (χ4n) is 4.62. The number of halogens is 2. The molecule has 0 spiro atoms. The third kappa shape index (κ3) is 4.30. The van der Waals surface area contributed by atoms with E-state index in [9.17, 15) is 9.18 Å². The highest BCUT2D eigenvalue weighted by atomic mass is 35.5. The number of carbonyl (C=O) groups is 1.